The highest BCUT2D eigenvalue weighted by Gasteiger charge is 2.12. The van der Waals surface area contributed by atoms with Crippen molar-refractivity contribution in [1.82, 2.24) is 5.43 Å². The summed E-state index contributed by atoms with van der Waals surface area (Å²) in [7, 11) is 6.20. The third kappa shape index (κ3) is 5.53. The molecule has 0 bridgehead atoms. The number of amides is 1. The molecule has 0 aliphatic carbocycles. The molecule has 0 radical (unpaired) electrons. The first kappa shape index (κ1) is 19.9. The topological polar surface area (TPSA) is 90.4 Å². The first-order valence-electron chi connectivity index (χ1n) is 8.11. The fraction of sp³-hybridized carbons (Fsp3) is 0.263. The fourth-order valence-electron chi connectivity index (χ4n) is 2.29. The Kier molecular flexibility index (Phi) is 7.30. The molecule has 2 rings (SSSR count). The smallest absolute Gasteiger partial charge is 0.259 e. The van der Waals surface area contributed by atoms with Crippen LogP contribution in [0.25, 0.3) is 0 Å². The van der Waals surface area contributed by atoms with Crippen LogP contribution in [0, 0.1) is 0 Å². The predicted octanol–water partition coefficient (Wildman–Crippen LogP) is 2.28. The molecule has 0 aliphatic rings. The van der Waals surface area contributed by atoms with Gasteiger partial charge in [-0.25, -0.2) is 5.43 Å². The number of hydrogen-bond acceptors (Lipinski definition) is 7. The zero-order valence-corrected chi connectivity index (χ0v) is 15.7. The molecule has 0 aliphatic heterocycles. The van der Waals surface area contributed by atoms with Crippen LogP contribution in [0.1, 0.15) is 5.56 Å². The first-order chi connectivity index (χ1) is 13.1. The number of methoxy groups -OCH3 is 4. The van der Waals surface area contributed by atoms with Crippen LogP contribution in [-0.2, 0) is 4.79 Å². The van der Waals surface area contributed by atoms with Crippen molar-refractivity contribution in [2.24, 2.45) is 5.10 Å². The minimum absolute atomic E-state index is 0.0823. The lowest BCUT2D eigenvalue weighted by molar-refractivity contribution is -0.119. The van der Waals surface area contributed by atoms with E-state index < -0.39 is 0 Å². The minimum Gasteiger partial charge on any atom is -0.497 e. The summed E-state index contributed by atoms with van der Waals surface area (Å²) < 4.78 is 20.9. The van der Waals surface area contributed by atoms with Crippen LogP contribution in [0.4, 0.5) is 5.69 Å². The molecule has 0 fully saturated rings. The predicted molar refractivity (Wildman–Crippen MR) is 103 cm³/mol. The molecule has 8 heteroatoms. The molecular formula is C19H23N3O5. The summed E-state index contributed by atoms with van der Waals surface area (Å²) >= 11 is 0. The number of carbonyl (C=O) groups is 1. The SMILES string of the molecule is COc1ccc(NCC(=O)N/N=C\c2cc(OC)c(OC)c(OC)c2)cc1. The lowest BCUT2D eigenvalue weighted by atomic mass is 10.2. The van der Waals surface area contributed by atoms with Gasteiger partial charge in [0.05, 0.1) is 41.2 Å². The van der Waals surface area contributed by atoms with Gasteiger partial charge < -0.3 is 24.3 Å². The number of nitrogens with one attached hydrogen (secondary N) is 2. The number of hydrazone groups is 1. The Morgan fingerprint density at radius 1 is 0.963 bits per heavy atom. The van der Waals surface area contributed by atoms with Crippen LogP contribution in [0.2, 0.25) is 0 Å². The van der Waals surface area contributed by atoms with Crippen molar-refractivity contribution in [3.8, 4) is 23.0 Å². The Balaban J connectivity index is 1.92. The highest BCUT2D eigenvalue weighted by atomic mass is 16.5. The molecule has 0 saturated heterocycles. The van der Waals surface area contributed by atoms with E-state index in [1.54, 1.807) is 19.2 Å². The molecule has 27 heavy (non-hydrogen) atoms. The van der Waals surface area contributed by atoms with Gasteiger partial charge in [-0.05, 0) is 36.4 Å². The number of rotatable bonds is 9. The molecule has 144 valence electrons. The van der Waals surface area contributed by atoms with Gasteiger partial charge >= 0.3 is 0 Å². The maximum atomic E-state index is 11.9. The van der Waals surface area contributed by atoms with E-state index in [2.05, 4.69) is 15.8 Å². The van der Waals surface area contributed by atoms with Crippen molar-refractivity contribution in [2.75, 3.05) is 40.3 Å². The average Bonchev–Trinajstić information content (AvgIpc) is 2.71. The molecule has 0 atom stereocenters. The molecule has 1 amide bonds. The van der Waals surface area contributed by atoms with Crippen molar-refractivity contribution >= 4 is 17.8 Å². The summed E-state index contributed by atoms with van der Waals surface area (Å²) in [6.45, 7) is 0.0823. The average molecular weight is 373 g/mol. The Bertz CT molecular complexity index is 765. The summed E-state index contributed by atoms with van der Waals surface area (Å²) in [6.07, 6.45) is 1.50. The maximum absolute atomic E-state index is 11.9. The van der Waals surface area contributed by atoms with Crippen molar-refractivity contribution in [2.45, 2.75) is 0 Å². The second-order valence-electron chi connectivity index (χ2n) is 5.33. The quantitative estimate of drug-likeness (QED) is 0.518. The van der Waals surface area contributed by atoms with Crippen LogP contribution >= 0.6 is 0 Å². The van der Waals surface area contributed by atoms with Gasteiger partial charge in [0.15, 0.2) is 11.5 Å². The number of carbonyl (C=O) groups excluding carboxylic acids is 1. The summed E-state index contributed by atoms with van der Waals surface area (Å²) in [4.78, 5) is 11.9. The van der Waals surface area contributed by atoms with Gasteiger partial charge in [-0.2, -0.15) is 5.10 Å². The molecule has 8 nitrogen and oxygen atoms in total. The standard InChI is InChI=1S/C19H23N3O5/c1-24-15-7-5-14(6-8-15)20-12-18(23)22-21-11-13-9-16(25-2)19(27-4)17(10-13)26-3/h5-11,20H,12H2,1-4H3,(H,22,23)/b21-11-. The van der Waals surface area contributed by atoms with Crippen molar-refractivity contribution in [3.63, 3.8) is 0 Å². The van der Waals surface area contributed by atoms with Gasteiger partial charge in [-0.15, -0.1) is 0 Å². The number of ether oxygens (including phenoxy) is 4. The van der Waals surface area contributed by atoms with E-state index in [0.29, 0.717) is 22.8 Å². The molecule has 0 heterocycles. The van der Waals surface area contributed by atoms with Crippen molar-refractivity contribution in [1.29, 1.82) is 0 Å². The molecule has 2 N–H and O–H groups in total. The molecule has 0 unspecified atom stereocenters. The van der Waals surface area contributed by atoms with E-state index in [-0.39, 0.29) is 12.5 Å². The number of hydrogen-bond donors (Lipinski definition) is 2. The van der Waals surface area contributed by atoms with Gasteiger partial charge in [-0.1, -0.05) is 0 Å². The van der Waals surface area contributed by atoms with Crippen LogP contribution in [0.3, 0.4) is 0 Å². The number of benzene rings is 2. The summed E-state index contributed by atoms with van der Waals surface area (Å²) in [5.74, 6) is 1.97. The molecule has 0 spiro atoms. The first-order valence-corrected chi connectivity index (χ1v) is 8.11. The van der Waals surface area contributed by atoms with Crippen LogP contribution in [0.15, 0.2) is 41.5 Å². The lowest BCUT2D eigenvalue weighted by Crippen LogP contribution is -2.25. The van der Waals surface area contributed by atoms with Gasteiger partial charge in [-0.3, -0.25) is 4.79 Å². The highest BCUT2D eigenvalue weighted by molar-refractivity contribution is 5.85. The Morgan fingerprint density at radius 2 is 1.59 bits per heavy atom. The normalized spacial score (nSPS) is 10.4. The van der Waals surface area contributed by atoms with Gasteiger partial charge in [0.25, 0.3) is 5.91 Å². The van der Waals surface area contributed by atoms with Crippen LogP contribution in [-0.4, -0.2) is 47.1 Å². The van der Waals surface area contributed by atoms with Gasteiger partial charge in [0, 0.05) is 11.3 Å². The zero-order chi connectivity index (χ0) is 19.6. The molecule has 0 saturated carbocycles. The Morgan fingerprint density at radius 3 is 2.11 bits per heavy atom. The zero-order valence-electron chi connectivity index (χ0n) is 15.7. The summed E-state index contributed by atoms with van der Waals surface area (Å²) in [6, 6.07) is 10.7. The van der Waals surface area contributed by atoms with Crippen LogP contribution < -0.4 is 29.7 Å². The maximum Gasteiger partial charge on any atom is 0.259 e. The molecule has 2 aromatic rings. The van der Waals surface area contributed by atoms with Crippen molar-refractivity contribution in [3.05, 3.63) is 42.0 Å². The number of nitrogens with zero attached hydrogens (tertiary/aromatic N) is 1. The van der Waals surface area contributed by atoms with E-state index in [4.69, 9.17) is 18.9 Å². The second-order valence-corrected chi connectivity index (χ2v) is 5.33. The highest BCUT2D eigenvalue weighted by Crippen LogP contribution is 2.37. The molecule has 0 aromatic heterocycles. The van der Waals surface area contributed by atoms with Gasteiger partial charge in [0.1, 0.15) is 5.75 Å². The minimum atomic E-state index is -0.283. The van der Waals surface area contributed by atoms with Gasteiger partial charge in [0.2, 0.25) is 5.75 Å². The summed E-state index contributed by atoms with van der Waals surface area (Å²) in [5.41, 5.74) is 3.95. The largest absolute Gasteiger partial charge is 0.497 e. The van der Waals surface area contributed by atoms with Crippen molar-refractivity contribution < 1.29 is 23.7 Å². The van der Waals surface area contributed by atoms with E-state index in [1.807, 2.05) is 24.3 Å². The third-order valence-corrected chi connectivity index (χ3v) is 3.63. The van der Waals surface area contributed by atoms with Crippen LogP contribution in [0.5, 0.6) is 23.0 Å². The molecular weight excluding hydrogens is 350 g/mol. The van der Waals surface area contributed by atoms with E-state index in [0.717, 1.165) is 11.4 Å². The number of anilines is 1. The molecule has 2 aromatic carbocycles. The Hall–Kier alpha value is -3.42. The second kappa shape index (κ2) is 9.91. The van der Waals surface area contributed by atoms with E-state index in [9.17, 15) is 4.79 Å². The lowest BCUT2D eigenvalue weighted by Gasteiger charge is -2.12. The van der Waals surface area contributed by atoms with E-state index >= 15 is 0 Å². The monoisotopic (exact) mass is 373 g/mol. The van der Waals surface area contributed by atoms with E-state index in [1.165, 1.54) is 27.5 Å². The third-order valence-electron chi connectivity index (χ3n) is 3.63. The Labute approximate surface area is 158 Å². The fourth-order valence-corrected chi connectivity index (χ4v) is 2.29. The summed E-state index contributed by atoms with van der Waals surface area (Å²) in [5, 5.41) is 6.95.